The number of cyclic esters (lactones) is 1. The quantitative estimate of drug-likeness (QED) is 0.849. The molecule has 0 radical (unpaired) electrons. The van der Waals surface area contributed by atoms with E-state index in [0.29, 0.717) is 23.2 Å². The predicted molar refractivity (Wildman–Crippen MR) is 99.0 cm³/mol. The molecule has 0 unspecified atom stereocenters. The first kappa shape index (κ1) is 17.3. The monoisotopic (exact) mass is 364 g/mol. The van der Waals surface area contributed by atoms with E-state index in [1.54, 1.807) is 24.3 Å². The smallest absolute Gasteiger partial charge is 0.340 e. The molecule has 1 N–H and O–H groups in total. The van der Waals surface area contributed by atoms with Crippen molar-refractivity contribution in [2.45, 2.75) is 39.0 Å². The molecule has 2 atom stereocenters. The highest BCUT2D eigenvalue weighted by atomic mass is 16.6. The van der Waals surface area contributed by atoms with Gasteiger partial charge in [0.1, 0.15) is 6.04 Å². The van der Waals surface area contributed by atoms with Crippen LogP contribution in [-0.4, -0.2) is 28.7 Å². The number of benzene rings is 2. The maximum Gasteiger partial charge on any atom is 0.340 e. The molecular weight excluding hydrogens is 344 g/mol. The number of hydrogen-bond donors (Lipinski definition) is 1. The molecule has 0 aromatic heterocycles. The maximum atomic E-state index is 12.9. The van der Waals surface area contributed by atoms with Gasteiger partial charge in [-0.05, 0) is 49.6 Å². The number of nitrogens with zero attached hydrogens (tertiary/aromatic N) is 1. The van der Waals surface area contributed by atoms with E-state index >= 15 is 0 Å². The van der Waals surface area contributed by atoms with Crippen LogP contribution in [0.5, 0.6) is 0 Å². The van der Waals surface area contributed by atoms with Crippen LogP contribution in [0.2, 0.25) is 0 Å². The Labute approximate surface area is 157 Å². The second-order valence-electron chi connectivity index (χ2n) is 7.07. The minimum Gasteiger partial charge on any atom is -0.433 e. The second-order valence-corrected chi connectivity index (χ2v) is 7.07. The molecule has 2 heterocycles. The molecular formula is C21H20N2O4. The molecule has 0 saturated carbocycles. The van der Waals surface area contributed by atoms with E-state index in [-0.39, 0.29) is 18.2 Å². The van der Waals surface area contributed by atoms with Crippen molar-refractivity contribution in [2.24, 2.45) is 0 Å². The normalized spacial score (nSPS) is 21.2. The van der Waals surface area contributed by atoms with Crippen LogP contribution in [0.15, 0.2) is 42.5 Å². The summed E-state index contributed by atoms with van der Waals surface area (Å²) in [5, 5.41) is 2.90. The van der Waals surface area contributed by atoms with Crippen LogP contribution in [0.1, 0.15) is 46.1 Å². The van der Waals surface area contributed by atoms with Crippen LogP contribution < -0.4 is 5.32 Å². The highest BCUT2D eigenvalue weighted by molar-refractivity contribution is 6.00. The summed E-state index contributed by atoms with van der Waals surface area (Å²) >= 11 is 0. The first-order valence-electron chi connectivity index (χ1n) is 8.94. The van der Waals surface area contributed by atoms with Gasteiger partial charge in [0.15, 0.2) is 0 Å². The fourth-order valence-corrected chi connectivity index (χ4v) is 3.86. The van der Waals surface area contributed by atoms with E-state index in [2.05, 4.69) is 5.32 Å². The van der Waals surface area contributed by atoms with Crippen LogP contribution in [0, 0.1) is 13.8 Å². The SMILES string of the molecule is Cc1cc(C)cc(NC(=O)[C@H]2CCC(=O)N2[C@H]2OC(=O)c3ccccc32)c1. The van der Waals surface area contributed by atoms with Crippen LogP contribution in [-0.2, 0) is 14.3 Å². The fraction of sp³-hybridized carbons (Fsp3) is 0.286. The van der Waals surface area contributed by atoms with Gasteiger partial charge in [0.25, 0.3) is 0 Å². The number of hydrogen-bond acceptors (Lipinski definition) is 4. The van der Waals surface area contributed by atoms with Gasteiger partial charge in [-0.15, -0.1) is 0 Å². The molecule has 2 aliphatic rings. The molecule has 2 aromatic rings. The summed E-state index contributed by atoms with van der Waals surface area (Å²) in [5.41, 5.74) is 3.85. The van der Waals surface area contributed by atoms with Crippen molar-refractivity contribution < 1.29 is 19.1 Å². The Kier molecular flexibility index (Phi) is 4.18. The van der Waals surface area contributed by atoms with Crippen molar-refractivity contribution in [1.29, 1.82) is 0 Å². The second kappa shape index (κ2) is 6.54. The third-order valence-corrected chi connectivity index (χ3v) is 4.97. The van der Waals surface area contributed by atoms with E-state index in [1.807, 2.05) is 32.0 Å². The number of amides is 2. The molecule has 6 heteroatoms. The van der Waals surface area contributed by atoms with Crippen LogP contribution in [0.4, 0.5) is 5.69 Å². The standard InChI is InChI=1S/C21H20N2O4/c1-12-9-13(2)11-14(10-12)22-19(25)17-7-8-18(24)23(17)20-15-5-3-4-6-16(15)21(26)27-20/h3-6,9-11,17,20H,7-8H2,1-2H3,(H,22,25)/t17-,20+/m1/s1. The van der Waals surface area contributed by atoms with Gasteiger partial charge in [-0.3, -0.25) is 14.5 Å². The van der Waals surface area contributed by atoms with Crippen molar-refractivity contribution in [1.82, 2.24) is 4.90 Å². The number of aryl methyl sites for hydroxylation is 2. The summed E-state index contributed by atoms with van der Waals surface area (Å²) in [5.74, 6) is -0.930. The van der Waals surface area contributed by atoms with Gasteiger partial charge in [0.05, 0.1) is 5.56 Å². The lowest BCUT2D eigenvalue weighted by atomic mass is 10.1. The Morgan fingerprint density at radius 2 is 1.81 bits per heavy atom. The fourth-order valence-electron chi connectivity index (χ4n) is 3.86. The van der Waals surface area contributed by atoms with Gasteiger partial charge in [-0.1, -0.05) is 24.3 Å². The number of anilines is 1. The Hall–Kier alpha value is -3.15. The highest BCUT2D eigenvalue weighted by Gasteiger charge is 2.46. The summed E-state index contributed by atoms with van der Waals surface area (Å²) in [4.78, 5) is 38.9. The summed E-state index contributed by atoms with van der Waals surface area (Å²) in [6.07, 6.45) is -0.203. The van der Waals surface area contributed by atoms with Crippen molar-refractivity contribution in [3.05, 3.63) is 64.7 Å². The van der Waals surface area contributed by atoms with E-state index in [0.717, 1.165) is 11.1 Å². The first-order chi connectivity index (χ1) is 12.9. The number of carbonyl (C=O) groups excluding carboxylic acids is 3. The zero-order valence-electron chi connectivity index (χ0n) is 15.2. The average Bonchev–Trinajstić information content (AvgIpc) is 3.14. The van der Waals surface area contributed by atoms with Gasteiger partial charge in [-0.25, -0.2) is 4.79 Å². The lowest BCUT2D eigenvalue weighted by Crippen LogP contribution is -2.43. The van der Waals surface area contributed by atoms with Crippen LogP contribution in [0.25, 0.3) is 0 Å². The van der Waals surface area contributed by atoms with Gasteiger partial charge < -0.3 is 10.1 Å². The predicted octanol–water partition coefficient (Wildman–Crippen LogP) is 3.10. The molecule has 0 spiro atoms. The zero-order valence-corrected chi connectivity index (χ0v) is 15.2. The Morgan fingerprint density at radius 3 is 2.56 bits per heavy atom. The molecule has 2 aliphatic heterocycles. The molecule has 2 amide bonds. The van der Waals surface area contributed by atoms with Crippen molar-refractivity contribution >= 4 is 23.5 Å². The maximum absolute atomic E-state index is 12.9. The average molecular weight is 364 g/mol. The summed E-state index contributed by atoms with van der Waals surface area (Å²) in [6.45, 7) is 3.92. The third kappa shape index (κ3) is 3.07. The summed E-state index contributed by atoms with van der Waals surface area (Å²) < 4.78 is 5.44. The molecule has 27 heavy (non-hydrogen) atoms. The van der Waals surface area contributed by atoms with Crippen molar-refractivity contribution in [3.63, 3.8) is 0 Å². The third-order valence-electron chi connectivity index (χ3n) is 4.97. The lowest BCUT2D eigenvalue weighted by Gasteiger charge is -2.29. The van der Waals surface area contributed by atoms with Gasteiger partial charge in [-0.2, -0.15) is 0 Å². The molecule has 2 aromatic carbocycles. The van der Waals surface area contributed by atoms with Gasteiger partial charge in [0, 0.05) is 17.7 Å². The van der Waals surface area contributed by atoms with Crippen LogP contribution in [0.3, 0.4) is 0 Å². The molecule has 0 bridgehead atoms. The topological polar surface area (TPSA) is 75.7 Å². The van der Waals surface area contributed by atoms with Crippen LogP contribution >= 0.6 is 0 Å². The summed E-state index contributed by atoms with van der Waals surface area (Å²) in [7, 11) is 0. The lowest BCUT2D eigenvalue weighted by molar-refractivity contribution is -0.144. The number of fused-ring (bicyclic) bond motifs is 1. The molecule has 1 saturated heterocycles. The molecule has 4 rings (SSSR count). The number of nitrogens with one attached hydrogen (secondary N) is 1. The Bertz CT molecular complexity index is 933. The van der Waals surface area contributed by atoms with E-state index in [4.69, 9.17) is 4.74 Å². The van der Waals surface area contributed by atoms with E-state index in [1.165, 1.54) is 4.90 Å². The first-order valence-corrected chi connectivity index (χ1v) is 8.94. The number of likely N-dealkylation sites (tertiary alicyclic amines) is 1. The summed E-state index contributed by atoms with van der Waals surface area (Å²) in [6, 6.07) is 12.1. The van der Waals surface area contributed by atoms with Gasteiger partial charge in [0.2, 0.25) is 18.0 Å². The number of ether oxygens (including phenoxy) is 1. The Balaban J connectivity index is 1.60. The molecule has 6 nitrogen and oxygen atoms in total. The largest absolute Gasteiger partial charge is 0.433 e. The van der Waals surface area contributed by atoms with E-state index in [9.17, 15) is 14.4 Å². The molecule has 138 valence electrons. The van der Waals surface area contributed by atoms with Gasteiger partial charge >= 0.3 is 5.97 Å². The minimum atomic E-state index is -0.848. The van der Waals surface area contributed by atoms with Crippen molar-refractivity contribution in [2.75, 3.05) is 5.32 Å². The number of rotatable bonds is 3. The Morgan fingerprint density at radius 1 is 1.11 bits per heavy atom. The number of carbonyl (C=O) groups is 3. The highest BCUT2D eigenvalue weighted by Crippen LogP contribution is 2.38. The van der Waals surface area contributed by atoms with Crippen molar-refractivity contribution in [3.8, 4) is 0 Å². The van der Waals surface area contributed by atoms with E-state index < -0.39 is 18.2 Å². The molecule has 1 fully saturated rings. The molecule has 0 aliphatic carbocycles. The number of esters is 1. The zero-order chi connectivity index (χ0) is 19.1. The minimum absolute atomic E-state index is 0.190.